The van der Waals surface area contributed by atoms with Gasteiger partial charge in [0.25, 0.3) is 5.91 Å². The normalized spacial score (nSPS) is 13.1. The molecule has 0 aliphatic carbocycles. The highest BCUT2D eigenvalue weighted by Gasteiger charge is 2.32. The third-order valence-corrected chi connectivity index (χ3v) is 7.86. The number of benzene rings is 4. The van der Waals surface area contributed by atoms with Crippen LogP contribution in [0.5, 0.6) is 0 Å². The molecule has 41 heavy (non-hydrogen) atoms. The van der Waals surface area contributed by atoms with Crippen molar-refractivity contribution in [3.8, 4) is 0 Å². The predicted molar refractivity (Wildman–Crippen MR) is 167 cm³/mol. The zero-order valence-electron chi connectivity index (χ0n) is 23.3. The van der Waals surface area contributed by atoms with Crippen LogP contribution in [0.4, 0.5) is 5.69 Å². The maximum Gasteiger partial charge on any atom is 0.258 e. The van der Waals surface area contributed by atoms with Crippen molar-refractivity contribution >= 4 is 50.1 Å². The van der Waals surface area contributed by atoms with Crippen LogP contribution < -0.4 is 10.2 Å². The molecule has 0 fully saturated rings. The van der Waals surface area contributed by atoms with Crippen LogP contribution in [0.2, 0.25) is 0 Å². The van der Waals surface area contributed by atoms with Gasteiger partial charge in [-0.05, 0) is 61.0 Å². The van der Waals surface area contributed by atoms with Crippen molar-refractivity contribution in [3.63, 3.8) is 0 Å². The lowest BCUT2D eigenvalue weighted by Gasteiger charge is -2.32. The molecule has 4 aromatic carbocycles. The lowest BCUT2D eigenvalue weighted by Crippen LogP contribution is -2.51. The van der Waals surface area contributed by atoms with Gasteiger partial charge < -0.3 is 15.1 Å². The van der Waals surface area contributed by atoms with E-state index in [1.165, 1.54) is 0 Å². The van der Waals surface area contributed by atoms with Gasteiger partial charge in [0.2, 0.25) is 11.8 Å². The molecule has 0 radical (unpaired) electrons. The smallest absolute Gasteiger partial charge is 0.258 e. The summed E-state index contributed by atoms with van der Waals surface area (Å²) in [7, 11) is 0. The van der Waals surface area contributed by atoms with Gasteiger partial charge in [-0.2, -0.15) is 0 Å². The molecule has 1 aliphatic rings. The van der Waals surface area contributed by atoms with Gasteiger partial charge in [-0.3, -0.25) is 14.4 Å². The number of carbonyl (C=O) groups excluding carboxylic acids is 3. The summed E-state index contributed by atoms with van der Waals surface area (Å²) in [5.41, 5.74) is 3.51. The fourth-order valence-corrected chi connectivity index (χ4v) is 5.95. The third kappa shape index (κ3) is 6.51. The topological polar surface area (TPSA) is 69.7 Å². The predicted octanol–water partition coefficient (Wildman–Crippen LogP) is 6.51. The minimum absolute atomic E-state index is 0.0338. The minimum Gasteiger partial charge on any atom is -0.352 e. The van der Waals surface area contributed by atoms with Gasteiger partial charge in [0, 0.05) is 47.4 Å². The first-order valence-electron chi connectivity index (χ1n) is 14.0. The van der Waals surface area contributed by atoms with E-state index in [0.717, 1.165) is 32.1 Å². The van der Waals surface area contributed by atoms with Crippen LogP contribution in [0.1, 0.15) is 48.2 Å². The van der Waals surface area contributed by atoms with Gasteiger partial charge in [0.15, 0.2) is 0 Å². The van der Waals surface area contributed by atoms with Crippen molar-refractivity contribution < 1.29 is 14.4 Å². The number of rotatable bonds is 11. The Morgan fingerprint density at radius 3 is 2.34 bits per heavy atom. The Labute approximate surface area is 249 Å². The summed E-state index contributed by atoms with van der Waals surface area (Å²) in [5.74, 6) is -0.329. The summed E-state index contributed by atoms with van der Waals surface area (Å²) >= 11 is 3.53. The number of hydrogen-bond donors (Lipinski definition) is 1. The van der Waals surface area contributed by atoms with Crippen molar-refractivity contribution in [2.45, 2.75) is 51.7 Å². The molecule has 0 aromatic heterocycles. The number of halogens is 1. The number of nitrogens with zero attached hydrogens (tertiary/aromatic N) is 2. The average Bonchev–Trinajstić information content (AvgIpc) is 3.23. The standard InChI is InChI=1S/C34H34BrN3O3/c1-23(2)36-33(40)30(21-24-10-4-3-5-11-24)38(22-25-12-6-15-27(35)20-25)31(39)18-9-19-37-29-17-8-14-26-13-7-16-28(32(26)29)34(37)41/h3-8,10-17,20,23,30H,9,18-19,21-22H2,1-2H3,(H,36,40). The molecule has 210 valence electrons. The highest BCUT2D eigenvalue weighted by atomic mass is 79.9. The third-order valence-electron chi connectivity index (χ3n) is 7.37. The number of amides is 3. The lowest BCUT2D eigenvalue weighted by atomic mass is 10.0. The quantitative estimate of drug-likeness (QED) is 0.210. The van der Waals surface area contributed by atoms with Crippen LogP contribution in [0, 0.1) is 0 Å². The van der Waals surface area contributed by atoms with Gasteiger partial charge >= 0.3 is 0 Å². The summed E-state index contributed by atoms with van der Waals surface area (Å²) < 4.78 is 0.912. The summed E-state index contributed by atoms with van der Waals surface area (Å²) in [5, 5.41) is 5.03. The Morgan fingerprint density at radius 1 is 0.902 bits per heavy atom. The molecule has 1 heterocycles. The molecule has 0 saturated heterocycles. The molecule has 6 nitrogen and oxygen atoms in total. The van der Waals surface area contributed by atoms with Gasteiger partial charge in [-0.25, -0.2) is 0 Å². The van der Waals surface area contributed by atoms with Gasteiger partial charge in [-0.15, -0.1) is 0 Å². The van der Waals surface area contributed by atoms with Gasteiger partial charge in [0.1, 0.15) is 6.04 Å². The second-order valence-corrected chi connectivity index (χ2v) is 11.7. The summed E-state index contributed by atoms with van der Waals surface area (Å²) in [4.78, 5) is 44.2. The number of nitrogens with one attached hydrogen (secondary N) is 1. The largest absolute Gasteiger partial charge is 0.352 e. The van der Waals surface area contributed by atoms with Crippen molar-refractivity contribution in [2.75, 3.05) is 11.4 Å². The Bertz CT molecular complexity index is 1570. The van der Waals surface area contributed by atoms with E-state index in [1.54, 1.807) is 9.80 Å². The van der Waals surface area contributed by atoms with E-state index in [4.69, 9.17) is 0 Å². The molecule has 3 amide bonds. The Kier molecular flexibility index (Phi) is 8.84. The van der Waals surface area contributed by atoms with E-state index < -0.39 is 6.04 Å². The van der Waals surface area contributed by atoms with Crippen molar-refractivity contribution in [1.29, 1.82) is 0 Å². The maximum atomic E-state index is 13.9. The highest BCUT2D eigenvalue weighted by molar-refractivity contribution is 9.10. The van der Waals surface area contributed by atoms with Crippen molar-refractivity contribution in [1.82, 2.24) is 10.2 Å². The van der Waals surface area contributed by atoms with Gasteiger partial charge in [0.05, 0.1) is 5.69 Å². The summed E-state index contributed by atoms with van der Waals surface area (Å²) in [6.45, 7) is 4.56. The molecular weight excluding hydrogens is 578 g/mol. The van der Waals surface area contributed by atoms with E-state index >= 15 is 0 Å². The zero-order chi connectivity index (χ0) is 28.9. The number of anilines is 1. The second kappa shape index (κ2) is 12.7. The summed E-state index contributed by atoms with van der Waals surface area (Å²) in [6.07, 6.45) is 1.10. The van der Waals surface area contributed by atoms with Crippen LogP contribution in [-0.4, -0.2) is 41.2 Å². The van der Waals surface area contributed by atoms with E-state index in [1.807, 2.05) is 105 Å². The summed E-state index contributed by atoms with van der Waals surface area (Å²) in [6, 6.07) is 28.6. The fourth-order valence-electron chi connectivity index (χ4n) is 5.50. The SMILES string of the molecule is CC(C)NC(=O)C(Cc1ccccc1)N(Cc1cccc(Br)c1)C(=O)CCCN1C(=O)c2cccc3cccc1c23. The Balaban J connectivity index is 1.37. The monoisotopic (exact) mass is 611 g/mol. The first kappa shape index (κ1) is 28.6. The molecule has 0 bridgehead atoms. The van der Waals surface area contributed by atoms with Crippen molar-refractivity contribution in [2.24, 2.45) is 0 Å². The average molecular weight is 613 g/mol. The molecule has 1 N–H and O–H groups in total. The number of carbonyl (C=O) groups is 3. The molecule has 0 saturated carbocycles. The zero-order valence-corrected chi connectivity index (χ0v) is 24.9. The highest BCUT2D eigenvalue weighted by Crippen LogP contribution is 2.37. The maximum absolute atomic E-state index is 13.9. The Morgan fingerprint density at radius 2 is 1.61 bits per heavy atom. The van der Waals surface area contributed by atoms with E-state index in [-0.39, 0.29) is 30.2 Å². The first-order chi connectivity index (χ1) is 19.8. The lowest BCUT2D eigenvalue weighted by molar-refractivity contribution is -0.141. The van der Waals surface area contributed by atoms with Crippen LogP contribution in [0.15, 0.2) is 95.5 Å². The first-order valence-corrected chi connectivity index (χ1v) is 14.8. The molecule has 1 unspecified atom stereocenters. The molecule has 4 aromatic rings. The molecular formula is C34H34BrN3O3. The van der Waals surface area contributed by atoms with Gasteiger partial charge in [-0.1, -0.05) is 82.7 Å². The molecule has 7 heteroatoms. The molecule has 0 spiro atoms. The minimum atomic E-state index is -0.683. The molecule has 1 atom stereocenters. The second-order valence-electron chi connectivity index (χ2n) is 10.8. The molecule has 5 rings (SSSR count). The van der Waals surface area contributed by atoms with Crippen LogP contribution >= 0.6 is 15.9 Å². The van der Waals surface area contributed by atoms with E-state index in [0.29, 0.717) is 31.5 Å². The van der Waals surface area contributed by atoms with E-state index in [9.17, 15) is 14.4 Å². The Hall–Kier alpha value is -3.97. The molecule has 1 aliphatic heterocycles. The van der Waals surface area contributed by atoms with Crippen molar-refractivity contribution in [3.05, 3.63) is 112 Å². The number of hydrogen-bond acceptors (Lipinski definition) is 3. The van der Waals surface area contributed by atoms with Crippen LogP contribution in [0.3, 0.4) is 0 Å². The van der Waals surface area contributed by atoms with E-state index in [2.05, 4.69) is 21.2 Å². The van der Waals surface area contributed by atoms with Crippen LogP contribution in [-0.2, 0) is 22.6 Å². The van der Waals surface area contributed by atoms with Crippen LogP contribution in [0.25, 0.3) is 10.8 Å². The fraction of sp³-hybridized carbons (Fsp3) is 0.265.